The Hall–Kier alpha value is -0.930. The van der Waals surface area contributed by atoms with Crippen molar-refractivity contribution in [3.05, 3.63) is 29.6 Å². The third-order valence-electron chi connectivity index (χ3n) is 1.86. The molecule has 1 aromatic heterocycles. The van der Waals surface area contributed by atoms with Gasteiger partial charge in [0, 0.05) is 18.5 Å². The summed E-state index contributed by atoms with van der Waals surface area (Å²) in [7, 11) is 0. The largest absolute Gasteiger partial charge is 0.380 e. The van der Waals surface area contributed by atoms with E-state index in [-0.39, 0.29) is 6.04 Å². The molecule has 0 amide bonds. The van der Waals surface area contributed by atoms with Crippen molar-refractivity contribution in [2.75, 3.05) is 13.2 Å². The molecule has 13 heavy (non-hydrogen) atoms. The summed E-state index contributed by atoms with van der Waals surface area (Å²) < 4.78 is 5.23. The molecule has 3 nitrogen and oxygen atoms in total. The molecule has 0 aromatic carbocycles. The van der Waals surface area contributed by atoms with Gasteiger partial charge in [-0.2, -0.15) is 0 Å². The number of hydrogen-bond acceptors (Lipinski definition) is 3. The zero-order chi connectivity index (χ0) is 9.68. The monoisotopic (exact) mass is 180 g/mol. The van der Waals surface area contributed by atoms with Crippen LogP contribution >= 0.6 is 0 Å². The molecule has 1 aromatic rings. The lowest BCUT2D eigenvalue weighted by molar-refractivity contribution is 0.133. The number of ether oxygens (including phenoxy) is 1. The zero-order valence-electron chi connectivity index (χ0n) is 8.16. The van der Waals surface area contributed by atoms with E-state index in [2.05, 4.69) is 4.98 Å². The van der Waals surface area contributed by atoms with Crippen LogP contribution in [0.3, 0.4) is 0 Å². The van der Waals surface area contributed by atoms with E-state index in [1.54, 1.807) is 6.20 Å². The maximum Gasteiger partial charge on any atom is 0.0659 e. The van der Waals surface area contributed by atoms with Gasteiger partial charge in [-0.25, -0.2) is 0 Å². The van der Waals surface area contributed by atoms with Crippen LogP contribution in [-0.4, -0.2) is 18.2 Å². The van der Waals surface area contributed by atoms with Crippen molar-refractivity contribution in [3.8, 4) is 0 Å². The van der Waals surface area contributed by atoms with Gasteiger partial charge in [-0.05, 0) is 25.5 Å². The smallest absolute Gasteiger partial charge is 0.0659 e. The highest BCUT2D eigenvalue weighted by atomic mass is 16.5. The van der Waals surface area contributed by atoms with Gasteiger partial charge >= 0.3 is 0 Å². The van der Waals surface area contributed by atoms with Gasteiger partial charge in [0.1, 0.15) is 0 Å². The molecule has 1 heterocycles. The fourth-order valence-electron chi connectivity index (χ4n) is 1.04. The van der Waals surface area contributed by atoms with E-state index < -0.39 is 0 Å². The minimum atomic E-state index is -0.0620. The molecule has 0 spiro atoms. The van der Waals surface area contributed by atoms with Gasteiger partial charge in [-0.15, -0.1) is 0 Å². The lowest BCUT2D eigenvalue weighted by Crippen LogP contribution is -2.17. The predicted molar refractivity (Wildman–Crippen MR) is 52.4 cm³/mol. The van der Waals surface area contributed by atoms with E-state index in [9.17, 15) is 0 Å². The third-order valence-corrected chi connectivity index (χ3v) is 1.86. The van der Waals surface area contributed by atoms with Crippen LogP contribution in [0.2, 0.25) is 0 Å². The SMILES string of the molecule is CCOCC(N)c1ccc(C)nc1. The summed E-state index contributed by atoms with van der Waals surface area (Å²) in [6.07, 6.45) is 1.80. The lowest BCUT2D eigenvalue weighted by Gasteiger charge is -2.11. The Morgan fingerprint density at radius 2 is 2.31 bits per heavy atom. The van der Waals surface area contributed by atoms with Crippen molar-refractivity contribution in [3.63, 3.8) is 0 Å². The normalized spacial score (nSPS) is 12.8. The molecule has 0 saturated carbocycles. The highest BCUT2D eigenvalue weighted by Crippen LogP contribution is 2.09. The first-order chi connectivity index (χ1) is 6.24. The molecule has 3 heteroatoms. The summed E-state index contributed by atoms with van der Waals surface area (Å²) >= 11 is 0. The van der Waals surface area contributed by atoms with Crippen molar-refractivity contribution < 1.29 is 4.74 Å². The molecule has 0 aliphatic heterocycles. The molecule has 0 aliphatic rings. The van der Waals surface area contributed by atoms with Crippen molar-refractivity contribution in [2.45, 2.75) is 19.9 Å². The molecular weight excluding hydrogens is 164 g/mol. The fraction of sp³-hybridized carbons (Fsp3) is 0.500. The molecular formula is C10H16N2O. The Morgan fingerprint density at radius 1 is 1.54 bits per heavy atom. The standard InChI is InChI=1S/C10H16N2O/c1-3-13-7-10(11)9-5-4-8(2)12-6-9/h4-6,10H,3,7,11H2,1-2H3. The van der Waals surface area contributed by atoms with Crippen LogP contribution in [0.1, 0.15) is 24.2 Å². The van der Waals surface area contributed by atoms with E-state index in [0.717, 1.165) is 11.3 Å². The lowest BCUT2D eigenvalue weighted by atomic mass is 10.1. The average molecular weight is 180 g/mol. The van der Waals surface area contributed by atoms with Crippen LogP contribution in [0.25, 0.3) is 0 Å². The molecule has 1 rings (SSSR count). The topological polar surface area (TPSA) is 48.1 Å². The Balaban J connectivity index is 2.55. The highest BCUT2D eigenvalue weighted by Gasteiger charge is 2.04. The number of aromatic nitrogens is 1. The van der Waals surface area contributed by atoms with Gasteiger partial charge in [0.2, 0.25) is 0 Å². The van der Waals surface area contributed by atoms with Crippen LogP contribution in [0.5, 0.6) is 0 Å². The molecule has 0 saturated heterocycles. The second-order valence-electron chi connectivity index (χ2n) is 3.00. The second kappa shape index (κ2) is 4.94. The first-order valence-electron chi connectivity index (χ1n) is 4.50. The molecule has 0 aliphatic carbocycles. The number of aryl methyl sites for hydroxylation is 1. The van der Waals surface area contributed by atoms with Gasteiger partial charge < -0.3 is 10.5 Å². The number of rotatable bonds is 4. The van der Waals surface area contributed by atoms with Crippen LogP contribution in [-0.2, 0) is 4.74 Å². The Kier molecular flexibility index (Phi) is 3.86. The minimum absolute atomic E-state index is 0.0620. The second-order valence-corrected chi connectivity index (χ2v) is 3.00. The highest BCUT2D eigenvalue weighted by molar-refractivity contribution is 5.16. The van der Waals surface area contributed by atoms with Crippen LogP contribution < -0.4 is 5.73 Å². The van der Waals surface area contributed by atoms with Gasteiger partial charge in [0.05, 0.1) is 12.6 Å². The van der Waals surface area contributed by atoms with E-state index in [4.69, 9.17) is 10.5 Å². The summed E-state index contributed by atoms with van der Waals surface area (Å²) in [5, 5.41) is 0. The maximum atomic E-state index is 5.87. The van der Waals surface area contributed by atoms with E-state index in [1.807, 2.05) is 26.0 Å². The summed E-state index contributed by atoms with van der Waals surface area (Å²) in [5.74, 6) is 0. The molecule has 0 bridgehead atoms. The Labute approximate surface area is 78.9 Å². The maximum absolute atomic E-state index is 5.87. The van der Waals surface area contributed by atoms with Gasteiger partial charge in [0.25, 0.3) is 0 Å². The molecule has 2 N–H and O–H groups in total. The van der Waals surface area contributed by atoms with Crippen LogP contribution in [0.4, 0.5) is 0 Å². The number of pyridine rings is 1. The van der Waals surface area contributed by atoms with Crippen molar-refractivity contribution in [2.24, 2.45) is 5.73 Å². The summed E-state index contributed by atoms with van der Waals surface area (Å²) in [6, 6.07) is 3.89. The number of nitrogens with two attached hydrogens (primary N) is 1. The third kappa shape index (κ3) is 3.13. The quantitative estimate of drug-likeness (QED) is 0.762. The fourth-order valence-corrected chi connectivity index (χ4v) is 1.04. The van der Waals surface area contributed by atoms with E-state index in [1.165, 1.54) is 0 Å². The van der Waals surface area contributed by atoms with Gasteiger partial charge in [-0.3, -0.25) is 4.98 Å². The van der Waals surface area contributed by atoms with Crippen LogP contribution in [0, 0.1) is 6.92 Å². The molecule has 0 radical (unpaired) electrons. The summed E-state index contributed by atoms with van der Waals surface area (Å²) in [4.78, 5) is 4.17. The van der Waals surface area contributed by atoms with Crippen molar-refractivity contribution in [1.82, 2.24) is 4.98 Å². The predicted octanol–water partition coefficient (Wildman–Crippen LogP) is 1.43. The molecule has 1 atom stereocenters. The van der Waals surface area contributed by atoms with Gasteiger partial charge in [0.15, 0.2) is 0 Å². The molecule has 1 unspecified atom stereocenters. The van der Waals surface area contributed by atoms with E-state index >= 15 is 0 Å². The zero-order valence-corrected chi connectivity index (χ0v) is 8.16. The number of nitrogens with zero attached hydrogens (tertiary/aromatic N) is 1. The Bertz CT molecular complexity index is 246. The first-order valence-corrected chi connectivity index (χ1v) is 4.50. The number of hydrogen-bond donors (Lipinski definition) is 1. The average Bonchev–Trinajstić information content (AvgIpc) is 2.15. The van der Waals surface area contributed by atoms with Crippen molar-refractivity contribution in [1.29, 1.82) is 0 Å². The van der Waals surface area contributed by atoms with Crippen molar-refractivity contribution >= 4 is 0 Å². The van der Waals surface area contributed by atoms with Crippen LogP contribution in [0.15, 0.2) is 18.3 Å². The first kappa shape index (κ1) is 10.2. The molecule has 0 fully saturated rings. The summed E-state index contributed by atoms with van der Waals surface area (Å²) in [6.45, 7) is 5.17. The molecule has 72 valence electrons. The van der Waals surface area contributed by atoms with Gasteiger partial charge in [-0.1, -0.05) is 6.07 Å². The summed E-state index contributed by atoms with van der Waals surface area (Å²) in [5.41, 5.74) is 7.90. The minimum Gasteiger partial charge on any atom is -0.380 e. The Morgan fingerprint density at radius 3 is 2.85 bits per heavy atom. The van der Waals surface area contributed by atoms with E-state index in [0.29, 0.717) is 13.2 Å².